The number of fused-ring (bicyclic) bond motifs is 1. The van der Waals surface area contributed by atoms with E-state index in [1.807, 2.05) is 17.0 Å². The Bertz CT molecular complexity index is 1310. The minimum Gasteiger partial charge on any atom is -0.496 e. The molecular formula is C23H22FN7O2. The van der Waals surface area contributed by atoms with Gasteiger partial charge in [0.1, 0.15) is 34.1 Å². The lowest BCUT2D eigenvalue weighted by Gasteiger charge is -2.34. The van der Waals surface area contributed by atoms with E-state index < -0.39 is 5.82 Å². The summed E-state index contributed by atoms with van der Waals surface area (Å²) in [6, 6.07) is 8.45. The van der Waals surface area contributed by atoms with E-state index in [-0.39, 0.29) is 17.3 Å². The van der Waals surface area contributed by atoms with Crippen LogP contribution in [0.25, 0.3) is 33.7 Å². The average Bonchev–Trinajstić information content (AvgIpc) is 3.27. The SMILES string of the molecule is COc1cccc(F)c1-c1ncc2[nH]nc(-c3ccc(N4CCN(C(C)=O)CC4)nc3)c2n1. The van der Waals surface area contributed by atoms with Crippen LogP contribution in [0, 0.1) is 5.82 Å². The Labute approximate surface area is 189 Å². The Morgan fingerprint density at radius 1 is 1.09 bits per heavy atom. The van der Waals surface area contributed by atoms with Crippen molar-refractivity contribution in [1.29, 1.82) is 0 Å². The molecule has 168 valence electrons. The third-order valence-corrected chi connectivity index (χ3v) is 5.79. The molecule has 1 aliphatic rings. The van der Waals surface area contributed by atoms with Crippen LogP contribution in [0.3, 0.4) is 0 Å². The fraction of sp³-hybridized carbons (Fsp3) is 0.261. The van der Waals surface area contributed by atoms with E-state index in [0.29, 0.717) is 35.6 Å². The normalized spacial score (nSPS) is 14.0. The first kappa shape index (κ1) is 20.8. The number of carbonyl (C=O) groups is 1. The van der Waals surface area contributed by atoms with Gasteiger partial charge in [0.2, 0.25) is 5.91 Å². The van der Waals surface area contributed by atoms with E-state index in [0.717, 1.165) is 24.5 Å². The molecule has 33 heavy (non-hydrogen) atoms. The molecule has 4 aromatic rings. The van der Waals surface area contributed by atoms with E-state index in [9.17, 15) is 9.18 Å². The molecule has 3 aromatic heterocycles. The number of halogens is 1. The fourth-order valence-electron chi connectivity index (χ4n) is 3.99. The van der Waals surface area contributed by atoms with Crippen molar-refractivity contribution in [3.05, 3.63) is 48.5 Å². The highest BCUT2D eigenvalue weighted by Crippen LogP contribution is 2.32. The van der Waals surface area contributed by atoms with Crippen molar-refractivity contribution >= 4 is 22.8 Å². The van der Waals surface area contributed by atoms with Gasteiger partial charge in [0, 0.05) is 44.9 Å². The highest BCUT2D eigenvalue weighted by molar-refractivity contribution is 5.90. The number of rotatable bonds is 4. The predicted molar refractivity (Wildman–Crippen MR) is 121 cm³/mol. The van der Waals surface area contributed by atoms with Gasteiger partial charge in [0.05, 0.1) is 18.9 Å². The molecule has 1 aliphatic heterocycles. The van der Waals surface area contributed by atoms with Crippen molar-refractivity contribution in [2.24, 2.45) is 0 Å². The minimum atomic E-state index is -0.463. The fourth-order valence-corrected chi connectivity index (χ4v) is 3.99. The first-order chi connectivity index (χ1) is 16.0. The largest absolute Gasteiger partial charge is 0.496 e. The number of hydrogen-bond acceptors (Lipinski definition) is 7. The number of ether oxygens (including phenoxy) is 1. The zero-order chi connectivity index (χ0) is 22.9. The molecule has 1 fully saturated rings. The maximum Gasteiger partial charge on any atom is 0.219 e. The maximum absolute atomic E-state index is 14.5. The number of piperazine rings is 1. The van der Waals surface area contributed by atoms with E-state index in [1.54, 1.807) is 31.5 Å². The van der Waals surface area contributed by atoms with Crippen LogP contribution >= 0.6 is 0 Å². The predicted octanol–water partition coefficient (Wildman–Crippen LogP) is 2.90. The number of hydrogen-bond donors (Lipinski definition) is 1. The second kappa shape index (κ2) is 8.45. The van der Waals surface area contributed by atoms with Gasteiger partial charge in [-0.3, -0.25) is 9.89 Å². The van der Waals surface area contributed by atoms with Crippen LogP contribution in [0.2, 0.25) is 0 Å². The van der Waals surface area contributed by atoms with Gasteiger partial charge in [-0.05, 0) is 24.3 Å². The lowest BCUT2D eigenvalue weighted by molar-refractivity contribution is -0.129. The summed E-state index contributed by atoms with van der Waals surface area (Å²) in [5, 5.41) is 7.31. The van der Waals surface area contributed by atoms with Crippen LogP contribution < -0.4 is 9.64 Å². The van der Waals surface area contributed by atoms with E-state index in [2.05, 4.69) is 30.0 Å². The molecule has 0 radical (unpaired) electrons. The number of aromatic amines is 1. The summed E-state index contributed by atoms with van der Waals surface area (Å²) < 4.78 is 19.8. The molecule has 1 saturated heterocycles. The summed E-state index contributed by atoms with van der Waals surface area (Å²) in [5.74, 6) is 1.05. The number of nitrogens with one attached hydrogen (secondary N) is 1. The van der Waals surface area contributed by atoms with Gasteiger partial charge < -0.3 is 14.5 Å². The van der Waals surface area contributed by atoms with Crippen molar-refractivity contribution in [2.45, 2.75) is 6.92 Å². The van der Waals surface area contributed by atoms with Gasteiger partial charge in [-0.15, -0.1) is 0 Å². The summed E-state index contributed by atoms with van der Waals surface area (Å²) in [7, 11) is 1.48. The molecule has 0 unspecified atom stereocenters. The molecule has 1 amide bonds. The van der Waals surface area contributed by atoms with Crippen molar-refractivity contribution in [3.8, 4) is 28.4 Å². The molecule has 0 aliphatic carbocycles. The van der Waals surface area contributed by atoms with Crippen LogP contribution in [-0.4, -0.2) is 69.2 Å². The lowest BCUT2D eigenvalue weighted by Crippen LogP contribution is -2.48. The van der Waals surface area contributed by atoms with Gasteiger partial charge >= 0.3 is 0 Å². The van der Waals surface area contributed by atoms with E-state index in [4.69, 9.17) is 4.74 Å². The summed E-state index contributed by atoms with van der Waals surface area (Å²) in [4.78, 5) is 29.0. The molecule has 0 saturated carbocycles. The van der Waals surface area contributed by atoms with Gasteiger partial charge in [-0.25, -0.2) is 19.3 Å². The van der Waals surface area contributed by atoms with Crippen LogP contribution in [0.1, 0.15) is 6.92 Å². The molecular weight excluding hydrogens is 425 g/mol. The Hall–Kier alpha value is -4.08. The van der Waals surface area contributed by atoms with E-state index in [1.165, 1.54) is 13.2 Å². The zero-order valence-electron chi connectivity index (χ0n) is 18.2. The van der Waals surface area contributed by atoms with E-state index >= 15 is 0 Å². The Kier molecular flexibility index (Phi) is 5.33. The maximum atomic E-state index is 14.5. The molecule has 0 bridgehead atoms. The number of aromatic nitrogens is 5. The first-order valence-electron chi connectivity index (χ1n) is 10.6. The standard InChI is InChI=1S/C23H22FN7O2/c1-14(32)30-8-10-31(11-9-30)19-7-6-15(12-25-19)21-22-17(28-29-21)13-26-23(27-22)20-16(24)4-3-5-18(20)33-2/h3-7,12-13H,8-11H2,1-2H3,(H,28,29). The number of amides is 1. The highest BCUT2D eigenvalue weighted by atomic mass is 19.1. The van der Waals surface area contributed by atoms with Crippen molar-refractivity contribution < 1.29 is 13.9 Å². The molecule has 10 heteroatoms. The van der Waals surface area contributed by atoms with Crippen molar-refractivity contribution in [1.82, 2.24) is 30.0 Å². The van der Waals surface area contributed by atoms with Gasteiger partial charge in [-0.1, -0.05) is 6.07 Å². The number of anilines is 1. The number of carbonyl (C=O) groups excluding carboxylic acids is 1. The Morgan fingerprint density at radius 3 is 2.61 bits per heavy atom. The van der Waals surface area contributed by atoms with Crippen molar-refractivity contribution in [2.75, 3.05) is 38.2 Å². The molecule has 5 rings (SSSR count). The molecule has 9 nitrogen and oxygen atoms in total. The third-order valence-electron chi connectivity index (χ3n) is 5.79. The Balaban J connectivity index is 1.45. The third kappa shape index (κ3) is 3.84. The summed E-state index contributed by atoms with van der Waals surface area (Å²) in [6.45, 7) is 4.43. The molecule has 1 aromatic carbocycles. The molecule has 0 spiro atoms. The smallest absolute Gasteiger partial charge is 0.219 e. The number of pyridine rings is 1. The van der Waals surface area contributed by atoms with Crippen LogP contribution in [0.5, 0.6) is 5.75 Å². The molecule has 0 atom stereocenters. The van der Waals surface area contributed by atoms with Gasteiger partial charge in [-0.2, -0.15) is 5.10 Å². The number of nitrogens with zero attached hydrogens (tertiary/aromatic N) is 6. The summed E-state index contributed by atoms with van der Waals surface area (Å²) in [6.07, 6.45) is 3.32. The number of H-pyrrole nitrogens is 1. The van der Waals surface area contributed by atoms with Gasteiger partial charge in [0.15, 0.2) is 5.82 Å². The second-order valence-electron chi connectivity index (χ2n) is 7.74. The zero-order valence-corrected chi connectivity index (χ0v) is 18.2. The summed E-state index contributed by atoms with van der Waals surface area (Å²) in [5.41, 5.74) is 2.78. The number of methoxy groups -OCH3 is 1. The lowest BCUT2D eigenvalue weighted by atomic mass is 10.1. The van der Waals surface area contributed by atoms with Crippen LogP contribution in [0.4, 0.5) is 10.2 Å². The summed E-state index contributed by atoms with van der Waals surface area (Å²) >= 11 is 0. The second-order valence-corrected chi connectivity index (χ2v) is 7.74. The topological polar surface area (TPSA) is 100 Å². The molecule has 1 N–H and O–H groups in total. The highest BCUT2D eigenvalue weighted by Gasteiger charge is 2.21. The molecule has 4 heterocycles. The number of benzene rings is 1. The van der Waals surface area contributed by atoms with Crippen LogP contribution in [0.15, 0.2) is 42.7 Å². The average molecular weight is 447 g/mol. The van der Waals surface area contributed by atoms with Crippen molar-refractivity contribution in [3.63, 3.8) is 0 Å². The Morgan fingerprint density at radius 2 is 1.91 bits per heavy atom. The monoisotopic (exact) mass is 447 g/mol. The minimum absolute atomic E-state index is 0.0951. The van der Waals surface area contributed by atoms with Gasteiger partial charge in [0.25, 0.3) is 0 Å². The van der Waals surface area contributed by atoms with Crippen LogP contribution in [-0.2, 0) is 4.79 Å². The quantitative estimate of drug-likeness (QED) is 0.513. The first-order valence-corrected chi connectivity index (χ1v) is 10.6.